The molecule has 0 saturated heterocycles. The first-order valence-corrected chi connectivity index (χ1v) is 4.87. The zero-order valence-corrected chi connectivity index (χ0v) is 9.07. The summed E-state index contributed by atoms with van der Waals surface area (Å²) in [7, 11) is 0. The standard InChI is InChI=1S/C12H15N.ClH/c1-2-5-10-6-3-7-11-8-4-9-13-12(10)11;/h2-3,6-7,13H,1,4-5,8-9H2;1H. The molecule has 0 aromatic heterocycles. The summed E-state index contributed by atoms with van der Waals surface area (Å²) in [4.78, 5) is 0. The number of hydrogen-bond donors (Lipinski definition) is 1. The minimum Gasteiger partial charge on any atom is -0.385 e. The van der Waals surface area contributed by atoms with Crippen molar-refractivity contribution in [2.45, 2.75) is 19.3 Å². The van der Waals surface area contributed by atoms with Crippen LogP contribution in [-0.2, 0) is 12.8 Å². The molecule has 1 aromatic carbocycles. The summed E-state index contributed by atoms with van der Waals surface area (Å²) < 4.78 is 0. The van der Waals surface area contributed by atoms with Crippen molar-refractivity contribution >= 4 is 18.1 Å². The van der Waals surface area contributed by atoms with Gasteiger partial charge in [0.2, 0.25) is 0 Å². The third kappa shape index (κ3) is 2.10. The van der Waals surface area contributed by atoms with Crippen molar-refractivity contribution in [1.29, 1.82) is 0 Å². The molecule has 14 heavy (non-hydrogen) atoms. The maximum absolute atomic E-state index is 3.78. The van der Waals surface area contributed by atoms with Crippen molar-refractivity contribution in [1.82, 2.24) is 0 Å². The van der Waals surface area contributed by atoms with Gasteiger partial charge in [0.1, 0.15) is 0 Å². The highest BCUT2D eigenvalue weighted by Gasteiger charge is 2.10. The second-order valence-electron chi connectivity index (χ2n) is 3.47. The van der Waals surface area contributed by atoms with Gasteiger partial charge in [-0.15, -0.1) is 19.0 Å². The average molecular weight is 210 g/mol. The van der Waals surface area contributed by atoms with E-state index < -0.39 is 0 Å². The van der Waals surface area contributed by atoms with Gasteiger partial charge >= 0.3 is 0 Å². The Morgan fingerprint density at radius 2 is 2.29 bits per heavy atom. The normalized spacial score (nSPS) is 13.4. The van der Waals surface area contributed by atoms with Crippen molar-refractivity contribution in [3.8, 4) is 0 Å². The molecule has 0 amide bonds. The number of hydrogen-bond acceptors (Lipinski definition) is 1. The summed E-state index contributed by atoms with van der Waals surface area (Å²) in [5.41, 5.74) is 4.20. The van der Waals surface area contributed by atoms with Gasteiger partial charge in [-0.25, -0.2) is 0 Å². The summed E-state index contributed by atoms with van der Waals surface area (Å²) in [6.45, 7) is 4.89. The molecule has 0 spiro atoms. The van der Waals surface area contributed by atoms with Gasteiger partial charge < -0.3 is 5.32 Å². The van der Waals surface area contributed by atoms with Gasteiger partial charge in [-0.05, 0) is 30.4 Å². The molecule has 1 heterocycles. The number of benzene rings is 1. The lowest BCUT2D eigenvalue weighted by atomic mass is 9.98. The second kappa shape index (κ2) is 5.06. The molecule has 0 bridgehead atoms. The number of allylic oxidation sites excluding steroid dienone is 1. The fourth-order valence-corrected chi connectivity index (χ4v) is 1.91. The van der Waals surface area contributed by atoms with E-state index in [-0.39, 0.29) is 12.4 Å². The van der Waals surface area contributed by atoms with E-state index in [1.807, 2.05) is 6.08 Å². The summed E-state index contributed by atoms with van der Waals surface area (Å²) in [6, 6.07) is 6.54. The first kappa shape index (κ1) is 11.1. The molecule has 2 heteroatoms. The van der Waals surface area contributed by atoms with Gasteiger partial charge in [0, 0.05) is 12.2 Å². The van der Waals surface area contributed by atoms with Gasteiger partial charge in [-0.1, -0.05) is 24.3 Å². The molecule has 1 aliphatic rings. The van der Waals surface area contributed by atoms with E-state index in [0.29, 0.717) is 0 Å². The number of fused-ring (bicyclic) bond motifs is 1. The first-order valence-electron chi connectivity index (χ1n) is 4.87. The summed E-state index contributed by atoms with van der Waals surface area (Å²) in [5.74, 6) is 0. The van der Waals surface area contributed by atoms with Crippen LogP contribution < -0.4 is 5.32 Å². The highest BCUT2D eigenvalue weighted by atomic mass is 35.5. The van der Waals surface area contributed by atoms with Crippen LogP contribution in [0.2, 0.25) is 0 Å². The van der Waals surface area contributed by atoms with E-state index >= 15 is 0 Å². The fraction of sp³-hybridized carbons (Fsp3) is 0.333. The fourth-order valence-electron chi connectivity index (χ4n) is 1.91. The van der Waals surface area contributed by atoms with E-state index in [0.717, 1.165) is 13.0 Å². The minimum atomic E-state index is 0. The van der Waals surface area contributed by atoms with Gasteiger partial charge in [-0.2, -0.15) is 0 Å². The van der Waals surface area contributed by atoms with Crippen molar-refractivity contribution in [2.24, 2.45) is 0 Å². The van der Waals surface area contributed by atoms with Crippen LogP contribution in [0, 0.1) is 0 Å². The third-order valence-corrected chi connectivity index (χ3v) is 2.53. The van der Waals surface area contributed by atoms with Crippen molar-refractivity contribution in [2.75, 3.05) is 11.9 Å². The van der Waals surface area contributed by atoms with Crippen LogP contribution >= 0.6 is 12.4 Å². The summed E-state index contributed by atoms with van der Waals surface area (Å²) >= 11 is 0. The molecule has 76 valence electrons. The molecule has 0 radical (unpaired) electrons. The predicted octanol–water partition coefficient (Wildman–Crippen LogP) is 3.20. The molecular formula is C12H16ClN. The molecule has 2 rings (SSSR count). The lowest BCUT2D eigenvalue weighted by Gasteiger charge is -2.20. The van der Waals surface area contributed by atoms with E-state index in [9.17, 15) is 0 Å². The van der Waals surface area contributed by atoms with Crippen molar-refractivity contribution in [3.63, 3.8) is 0 Å². The molecule has 0 atom stereocenters. The summed E-state index contributed by atoms with van der Waals surface area (Å²) in [6.07, 6.45) is 5.40. The van der Waals surface area contributed by atoms with Crippen LogP contribution in [0.1, 0.15) is 17.5 Å². The van der Waals surface area contributed by atoms with Crippen LogP contribution in [-0.4, -0.2) is 6.54 Å². The Balaban J connectivity index is 0.000000980. The maximum atomic E-state index is 3.78. The van der Waals surface area contributed by atoms with Gasteiger partial charge in [-0.3, -0.25) is 0 Å². The molecule has 0 saturated carbocycles. The predicted molar refractivity (Wildman–Crippen MR) is 64.4 cm³/mol. The van der Waals surface area contributed by atoms with Crippen LogP contribution in [0.4, 0.5) is 5.69 Å². The maximum Gasteiger partial charge on any atom is 0.0408 e. The topological polar surface area (TPSA) is 12.0 Å². The Morgan fingerprint density at radius 1 is 1.43 bits per heavy atom. The molecular weight excluding hydrogens is 194 g/mol. The molecule has 1 nitrogen and oxygen atoms in total. The lowest BCUT2D eigenvalue weighted by Crippen LogP contribution is -2.13. The molecule has 0 aliphatic carbocycles. The Hall–Kier alpha value is -0.950. The highest BCUT2D eigenvalue weighted by Crippen LogP contribution is 2.26. The number of nitrogens with one attached hydrogen (secondary N) is 1. The van der Waals surface area contributed by atoms with Crippen LogP contribution in [0.15, 0.2) is 30.9 Å². The number of halogens is 1. The quantitative estimate of drug-likeness (QED) is 0.738. The Bertz CT molecular complexity index is 320. The minimum absolute atomic E-state index is 0. The van der Waals surface area contributed by atoms with Gasteiger partial charge in [0.15, 0.2) is 0 Å². The van der Waals surface area contributed by atoms with E-state index in [4.69, 9.17) is 0 Å². The zero-order chi connectivity index (χ0) is 9.10. The molecule has 0 unspecified atom stereocenters. The Morgan fingerprint density at radius 3 is 3.07 bits per heavy atom. The van der Waals surface area contributed by atoms with Gasteiger partial charge in [0.25, 0.3) is 0 Å². The van der Waals surface area contributed by atoms with Crippen molar-refractivity contribution in [3.05, 3.63) is 42.0 Å². The van der Waals surface area contributed by atoms with E-state index in [1.165, 1.54) is 29.7 Å². The number of rotatable bonds is 2. The largest absolute Gasteiger partial charge is 0.385 e. The summed E-state index contributed by atoms with van der Waals surface area (Å²) in [5, 5.41) is 3.47. The Kier molecular flexibility index (Phi) is 4.02. The molecule has 1 N–H and O–H groups in total. The van der Waals surface area contributed by atoms with Crippen molar-refractivity contribution < 1.29 is 0 Å². The first-order chi connectivity index (χ1) is 6.42. The Labute approximate surface area is 91.6 Å². The zero-order valence-electron chi connectivity index (χ0n) is 8.25. The number of para-hydroxylation sites is 1. The second-order valence-corrected chi connectivity index (χ2v) is 3.47. The molecule has 1 aromatic rings. The monoisotopic (exact) mass is 209 g/mol. The lowest BCUT2D eigenvalue weighted by molar-refractivity contribution is 0.826. The van der Waals surface area contributed by atoms with E-state index in [1.54, 1.807) is 0 Å². The molecule has 1 aliphatic heterocycles. The number of anilines is 1. The third-order valence-electron chi connectivity index (χ3n) is 2.53. The molecule has 0 fully saturated rings. The number of aryl methyl sites for hydroxylation is 1. The highest BCUT2D eigenvalue weighted by molar-refractivity contribution is 5.85. The van der Waals surface area contributed by atoms with Crippen LogP contribution in [0.25, 0.3) is 0 Å². The smallest absolute Gasteiger partial charge is 0.0408 e. The van der Waals surface area contributed by atoms with Crippen LogP contribution in [0.3, 0.4) is 0 Å². The average Bonchev–Trinajstić information content (AvgIpc) is 2.19. The van der Waals surface area contributed by atoms with Crippen LogP contribution in [0.5, 0.6) is 0 Å². The van der Waals surface area contributed by atoms with E-state index in [2.05, 4.69) is 30.1 Å². The SMILES string of the molecule is C=CCc1cccc2c1NCCC2.Cl. The van der Waals surface area contributed by atoms with Gasteiger partial charge in [0.05, 0.1) is 0 Å².